The van der Waals surface area contributed by atoms with E-state index in [0.29, 0.717) is 18.2 Å². The van der Waals surface area contributed by atoms with Gasteiger partial charge in [0.05, 0.1) is 5.75 Å². The molecule has 17 heavy (non-hydrogen) atoms. The van der Waals surface area contributed by atoms with E-state index in [-0.39, 0.29) is 5.75 Å². The summed E-state index contributed by atoms with van der Waals surface area (Å²) in [6, 6.07) is 0. The Balaban J connectivity index is 2.32. The third-order valence-corrected chi connectivity index (χ3v) is 5.09. The van der Waals surface area contributed by atoms with Crippen LogP contribution in [0.3, 0.4) is 0 Å². The summed E-state index contributed by atoms with van der Waals surface area (Å²) in [5, 5.41) is 0. The van der Waals surface area contributed by atoms with Crippen LogP contribution in [0.4, 0.5) is 0 Å². The lowest BCUT2D eigenvalue weighted by molar-refractivity contribution is 0.273. The molecule has 0 N–H and O–H groups in total. The van der Waals surface area contributed by atoms with Crippen molar-refractivity contribution in [3.8, 4) is 0 Å². The molecule has 102 valence electrons. The van der Waals surface area contributed by atoms with Crippen molar-refractivity contribution < 1.29 is 8.42 Å². The van der Waals surface area contributed by atoms with Gasteiger partial charge in [-0.05, 0) is 19.5 Å². The monoisotopic (exact) mass is 282 g/mol. The lowest BCUT2D eigenvalue weighted by atomic mass is 10.4. The molecule has 1 saturated heterocycles. The Labute approximate surface area is 110 Å². The average molecular weight is 283 g/mol. The minimum Gasteiger partial charge on any atom is -0.301 e. The molecule has 0 spiro atoms. The number of sulfone groups is 1. The first-order valence-corrected chi connectivity index (χ1v) is 8.64. The van der Waals surface area contributed by atoms with Crippen molar-refractivity contribution in [2.24, 2.45) is 0 Å². The molecule has 4 nitrogen and oxygen atoms in total. The van der Waals surface area contributed by atoms with Gasteiger partial charge in [-0.15, -0.1) is 11.6 Å². The zero-order valence-electron chi connectivity index (χ0n) is 10.6. The Morgan fingerprint density at radius 1 is 1.06 bits per heavy atom. The van der Waals surface area contributed by atoms with Gasteiger partial charge in [-0.25, -0.2) is 8.42 Å². The van der Waals surface area contributed by atoms with Crippen LogP contribution in [0.25, 0.3) is 0 Å². The molecule has 0 aromatic carbocycles. The lowest BCUT2D eigenvalue weighted by Crippen LogP contribution is -2.34. The summed E-state index contributed by atoms with van der Waals surface area (Å²) in [5.74, 6) is 1.21. The average Bonchev–Trinajstić information content (AvgIpc) is 2.53. The Kier molecular flexibility index (Phi) is 6.77. The van der Waals surface area contributed by atoms with Crippen LogP contribution < -0.4 is 0 Å². The highest BCUT2D eigenvalue weighted by atomic mass is 35.5. The molecule has 0 amide bonds. The van der Waals surface area contributed by atoms with E-state index in [4.69, 9.17) is 11.6 Å². The fourth-order valence-corrected chi connectivity index (χ4v) is 3.07. The van der Waals surface area contributed by atoms with E-state index in [9.17, 15) is 8.42 Å². The zero-order valence-corrected chi connectivity index (χ0v) is 12.1. The summed E-state index contributed by atoms with van der Waals surface area (Å²) in [4.78, 5) is 4.60. The number of halogens is 1. The number of rotatable bonds is 6. The highest BCUT2D eigenvalue weighted by Gasteiger charge is 2.16. The van der Waals surface area contributed by atoms with E-state index in [1.165, 1.54) is 0 Å². The van der Waals surface area contributed by atoms with Crippen LogP contribution in [0.15, 0.2) is 0 Å². The molecule has 0 saturated carbocycles. The second-order valence-corrected chi connectivity index (χ2v) is 7.31. The quantitative estimate of drug-likeness (QED) is 0.672. The molecule has 0 aromatic rings. The molecule has 0 atom stereocenters. The second-order valence-electron chi connectivity index (χ2n) is 4.46. The summed E-state index contributed by atoms with van der Waals surface area (Å²) < 4.78 is 22.9. The molecule has 0 bridgehead atoms. The van der Waals surface area contributed by atoms with Crippen molar-refractivity contribution in [2.45, 2.75) is 13.3 Å². The first-order chi connectivity index (χ1) is 8.07. The molecule has 1 heterocycles. The van der Waals surface area contributed by atoms with E-state index in [1.807, 2.05) is 0 Å². The maximum absolute atomic E-state index is 11.4. The maximum atomic E-state index is 11.4. The van der Waals surface area contributed by atoms with E-state index in [0.717, 1.165) is 39.1 Å². The third kappa shape index (κ3) is 6.04. The minimum absolute atomic E-state index is 0.249. The van der Waals surface area contributed by atoms with Crippen LogP contribution in [0.5, 0.6) is 0 Å². The molecule has 1 rings (SSSR count). The maximum Gasteiger partial charge on any atom is 0.151 e. The molecular weight excluding hydrogens is 260 g/mol. The highest BCUT2D eigenvalue weighted by molar-refractivity contribution is 7.91. The van der Waals surface area contributed by atoms with Gasteiger partial charge in [-0.3, -0.25) is 0 Å². The van der Waals surface area contributed by atoms with Crippen molar-refractivity contribution in [1.82, 2.24) is 9.80 Å². The number of hydrogen-bond donors (Lipinski definition) is 0. The van der Waals surface area contributed by atoms with Crippen molar-refractivity contribution in [2.75, 3.05) is 56.7 Å². The van der Waals surface area contributed by atoms with Gasteiger partial charge in [0.2, 0.25) is 0 Å². The lowest BCUT2D eigenvalue weighted by Gasteiger charge is -2.20. The number of nitrogens with zero attached hydrogens (tertiary/aromatic N) is 2. The first kappa shape index (κ1) is 15.2. The topological polar surface area (TPSA) is 40.6 Å². The van der Waals surface area contributed by atoms with Gasteiger partial charge >= 0.3 is 0 Å². The molecule has 0 unspecified atom stereocenters. The van der Waals surface area contributed by atoms with Gasteiger partial charge in [0.25, 0.3) is 0 Å². The van der Waals surface area contributed by atoms with Crippen LogP contribution in [0, 0.1) is 0 Å². The van der Waals surface area contributed by atoms with Crippen molar-refractivity contribution in [3.05, 3.63) is 0 Å². The van der Waals surface area contributed by atoms with Crippen LogP contribution in [0.2, 0.25) is 0 Å². The van der Waals surface area contributed by atoms with E-state index in [1.54, 1.807) is 6.92 Å². The Hall–Kier alpha value is 0.160. The Morgan fingerprint density at radius 3 is 2.18 bits per heavy atom. The molecule has 1 fully saturated rings. The third-order valence-electron chi connectivity index (χ3n) is 3.24. The predicted octanol–water partition coefficient (Wildman–Crippen LogP) is 0.668. The predicted molar refractivity (Wildman–Crippen MR) is 72.5 cm³/mol. The van der Waals surface area contributed by atoms with Crippen molar-refractivity contribution in [3.63, 3.8) is 0 Å². The Morgan fingerprint density at radius 2 is 1.65 bits per heavy atom. The van der Waals surface area contributed by atoms with Crippen LogP contribution in [-0.4, -0.2) is 74.9 Å². The SMILES string of the molecule is CCS(=O)(=O)CCN1CCCN(CCCl)CC1. The molecule has 0 radical (unpaired) electrons. The van der Waals surface area contributed by atoms with Gasteiger partial charge < -0.3 is 9.80 Å². The summed E-state index contributed by atoms with van der Waals surface area (Å²) in [6.07, 6.45) is 1.10. The van der Waals surface area contributed by atoms with E-state index >= 15 is 0 Å². The van der Waals surface area contributed by atoms with Gasteiger partial charge in [0.1, 0.15) is 0 Å². The normalized spacial score (nSPS) is 20.4. The standard InChI is InChI=1S/C11H23ClN2O2S/c1-2-17(15,16)11-10-14-6-3-5-13(7-4-12)8-9-14/h2-11H2,1H3. The van der Waals surface area contributed by atoms with Gasteiger partial charge in [-0.2, -0.15) is 0 Å². The van der Waals surface area contributed by atoms with Crippen molar-refractivity contribution in [1.29, 1.82) is 0 Å². The van der Waals surface area contributed by atoms with Crippen LogP contribution in [-0.2, 0) is 9.84 Å². The number of hydrogen-bond acceptors (Lipinski definition) is 4. The minimum atomic E-state index is -2.83. The molecule has 0 aliphatic carbocycles. The van der Waals surface area contributed by atoms with E-state index in [2.05, 4.69) is 9.80 Å². The summed E-state index contributed by atoms with van der Waals surface area (Å²) in [6.45, 7) is 7.34. The summed E-state index contributed by atoms with van der Waals surface area (Å²) in [5.41, 5.74) is 0. The molecule has 6 heteroatoms. The van der Waals surface area contributed by atoms with Gasteiger partial charge in [0, 0.05) is 37.8 Å². The fraction of sp³-hybridized carbons (Fsp3) is 1.00. The smallest absolute Gasteiger partial charge is 0.151 e. The zero-order chi connectivity index (χ0) is 12.7. The largest absolute Gasteiger partial charge is 0.301 e. The summed E-state index contributed by atoms with van der Waals surface area (Å²) >= 11 is 5.73. The van der Waals surface area contributed by atoms with E-state index < -0.39 is 9.84 Å². The van der Waals surface area contributed by atoms with Crippen LogP contribution in [0.1, 0.15) is 13.3 Å². The summed E-state index contributed by atoms with van der Waals surface area (Å²) in [7, 11) is -2.83. The van der Waals surface area contributed by atoms with Gasteiger partial charge in [-0.1, -0.05) is 6.92 Å². The fourth-order valence-electron chi connectivity index (χ4n) is 2.00. The molecule has 1 aliphatic heterocycles. The molecule has 1 aliphatic rings. The number of alkyl halides is 1. The van der Waals surface area contributed by atoms with Gasteiger partial charge in [0.15, 0.2) is 9.84 Å². The molecular formula is C11H23ClN2O2S. The second kappa shape index (κ2) is 7.56. The Bertz CT molecular complexity index is 309. The first-order valence-electron chi connectivity index (χ1n) is 6.28. The van der Waals surface area contributed by atoms with Crippen LogP contribution >= 0.6 is 11.6 Å². The molecule has 0 aromatic heterocycles. The highest BCUT2D eigenvalue weighted by Crippen LogP contribution is 2.04. The van der Waals surface area contributed by atoms with Crippen molar-refractivity contribution >= 4 is 21.4 Å².